The van der Waals surface area contributed by atoms with Crippen LogP contribution in [0.15, 0.2) is 35.4 Å². The van der Waals surface area contributed by atoms with E-state index in [1.807, 2.05) is 42.2 Å². The molecule has 1 saturated heterocycles. The fourth-order valence-corrected chi connectivity index (χ4v) is 3.33. The number of anilines is 1. The van der Waals surface area contributed by atoms with Gasteiger partial charge in [0.25, 0.3) is 5.91 Å². The van der Waals surface area contributed by atoms with Gasteiger partial charge in [-0.3, -0.25) is 9.59 Å². The highest BCUT2D eigenvalue weighted by molar-refractivity contribution is 6.40. The smallest absolute Gasteiger partial charge is 0.270 e. The van der Waals surface area contributed by atoms with Crippen molar-refractivity contribution < 1.29 is 14.3 Å². The number of hydrogen-bond acceptors (Lipinski definition) is 4. The average molecular weight is 343 g/mol. The number of likely N-dealkylation sites (tertiary alicyclic amines) is 1. The molecular formula is C19H25N3O3. The lowest BCUT2D eigenvalue weighted by atomic mass is 9.98. The van der Waals surface area contributed by atoms with E-state index in [0.717, 1.165) is 19.4 Å². The third-order valence-electron chi connectivity index (χ3n) is 4.64. The highest BCUT2D eigenvalue weighted by Gasteiger charge is 2.30. The second-order valence-corrected chi connectivity index (χ2v) is 6.51. The van der Waals surface area contributed by atoms with E-state index >= 15 is 0 Å². The van der Waals surface area contributed by atoms with Gasteiger partial charge in [-0.25, -0.2) is 5.01 Å². The molecule has 0 N–H and O–H groups in total. The molecule has 1 fully saturated rings. The largest absolute Gasteiger partial charge is 0.381 e. The molecule has 2 amide bonds. The highest BCUT2D eigenvalue weighted by Crippen LogP contribution is 2.22. The summed E-state index contributed by atoms with van der Waals surface area (Å²) in [4.78, 5) is 26.9. The molecule has 6 heteroatoms. The minimum Gasteiger partial charge on any atom is -0.381 e. The number of carbonyl (C=O) groups excluding carboxylic acids is 2. The molecule has 0 aromatic heterocycles. The van der Waals surface area contributed by atoms with Crippen molar-refractivity contribution in [2.24, 2.45) is 11.0 Å². The molecule has 1 aromatic carbocycles. The van der Waals surface area contributed by atoms with Crippen LogP contribution in [-0.4, -0.2) is 48.7 Å². The maximum atomic E-state index is 12.9. The Balaban J connectivity index is 1.71. The third kappa shape index (κ3) is 4.25. The van der Waals surface area contributed by atoms with Crippen molar-refractivity contribution in [1.29, 1.82) is 0 Å². The summed E-state index contributed by atoms with van der Waals surface area (Å²) in [6, 6.07) is 9.26. The number of piperidine rings is 1. The first kappa shape index (κ1) is 17.6. The predicted octanol–water partition coefficient (Wildman–Crippen LogP) is 2.44. The summed E-state index contributed by atoms with van der Waals surface area (Å²) in [6.07, 6.45) is 2.80. The molecule has 134 valence electrons. The lowest BCUT2D eigenvalue weighted by Gasteiger charge is -2.33. The van der Waals surface area contributed by atoms with Crippen LogP contribution < -0.4 is 5.01 Å². The number of rotatable bonds is 5. The molecule has 1 unspecified atom stereocenters. The summed E-state index contributed by atoms with van der Waals surface area (Å²) >= 11 is 0. The van der Waals surface area contributed by atoms with E-state index in [1.165, 1.54) is 5.01 Å². The van der Waals surface area contributed by atoms with Gasteiger partial charge in [0.1, 0.15) is 5.71 Å². The van der Waals surface area contributed by atoms with Gasteiger partial charge in [0, 0.05) is 32.5 Å². The molecule has 0 radical (unpaired) electrons. The van der Waals surface area contributed by atoms with Crippen molar-refractivity contribution in [1.82, 2.24) is 4.90 Å². The SMILES string of the molecule is CCOCC1CCCN(C(=O)C2=NN(c3ccccc3)C(=O)CC2)C1. The summed E-state index contributed by atoms with van der Waals surface area (Å²) in [5.41, 5.74) is 1.17. The van der Waals surface area contributed by atoms with Gasteiger partial charge < -0.3 is 9.64 Å². The molecule has 1 aromatic rings. The van der Waals surface area contributed by atoms with Gasteiger partial charge >= 0.3 is 0 Å². The van der Waals surface area contributed by atoms with Crippen molar-refractivity contribution >= 4 is 23.2 Å². The van der Waals surface area contributed by atoms with Crippen molar-refractivity contribution in [2.45, 2.75) is 32.6 Å². The van der Waals surface area contributed by atoms with Gasteiger partial charge in [-0.2, -0.15) is 5.10 Å². The molecule has 0 saturated carbocycles. The number of ether oxygens (including phenoxy) is 1. The Kier molecular flexibility index (Phi) is 5.81. The van der Waals surface area contributed by atoms with Crippen LogP contribution in [-0.2, 0) is 14.3 Å². The number of carbonyl (C=O) groups is 2. The van der Waals surface area contributed by atoms with Gasteiger partial charge in [0.15, 0.2) is 0 Å². The quantitative estimate of drug-likeness (QED) is 0.825. The Bertz CT molecular complexity index is 645. The fourth-order valence-electron chi connectivity index (χ4n) is 3.33. The molecule has 3 rings (SSSR count). The van der Waals surface area contributed by atoms with Crippen molar-refractivity contribution in [2.75, 3.05) is 31.3 Å². The molecule has 2 aliphatic heterocycles. The predicted molar refractivity (Wildman–Crippen MR) is 96.4 cm³/mol. The first-order chi connectivity index (χ1) is 12.2. The summed E-state index contributed by atoms with van der Waals surface area (Å²) in [5.74, 6) is 0.263. The van der Waals surface area contributed by atoms with Crippen LogP contribution in [0.1, 0.15) is 32.6 Å². The Labute approximate surface area is 148 Å². The van der Waals surface area contributed by atoms with Crippen molar-refractivity contribution in [3.05, 3.63) is 30.3 Å². The van der Waals surface area contributed by atoms with E-state index in [0.29, 0.717) is 49.9 Å². The molecule has 0 spiro atoms. The molecule has 6 nitrogen and oxygen atoms in total. The maximum Gasteiger partial charge on any atom is 0.270 e. The van der Waals surface area contributed by atoms with E-state index in [1.54, 1.807) is 0 Å². The normalized spacial score (nSPS) is 21.2. The Morgan fingerprint density at radius 3 is 2.84 bits per heavy atom. The lowest BCUT2D eigenvalue weighted by Crippen LogP contribution is -2.46. The minimum absolute atomic E-state index is 0.0466. The van der Waals surface area contributed by atoms with Gasteiger partial charge in [0.05, 0.1) is 12.3 Å². The second kappa shape index (κ2) is 8.25. The van der Waals surface area contributed by atoms with Crippen LogP contribution in [0, 0.1) is 5.92 Å². The number of benzene rings is 1. The van der Waals surface area contributed by atoms with Crippen LogP contribution in [0.5, 0.6) is 0 Å². The average Bonchev–Trinajstić information content (AvgIpc) is 2.67. The van der Waals surface area contributed by atoms with E-state index in [4.69, 9.17) is 4.74 Å². The summed E-state index contributed by atoms with van der Waals surface area (Å²) < 4.78 is 5.51. The number of amides is 2. The van der Waals surface area contributed by atoms with Gasteiger partial charge in [-0.15, -0.1) is 0 Å². The Morgan fingerprint density at radius 2 is 2.08 bits per heavy atom. The molecule has 1 atom stereocenters. The zero-order valence-electron chi connectivity index (χ0n) is 14.7. The molecule has 0 aliphatic carbocycles. The Hall–Kier alpha value is -2.21. The topological polar surface area (TPSA) is 62.2 Å². The lowest BCUT2D eigenvalue weighted by molar-refractivity contribution is -0.126. The van der Waals surface area contributed by atoms with Crippen molar-refractivity contribution in [3.63, 3.8) is 0 Å². The summed E-state index contributed by atoms with van der Waals surface area (Å²) in [5, 5.41) is 5.73. The summed E-state index contributed by atoms with van der Waals surface area (Å²) in [6.45, 7) is 4.83. The van der Waals surface area contributed by atoms with E-state index in [2.05, 4.69) is 5.10 Å². The minimum atomic E-state index is -0.0735. The zero-order valence-corrected chi connectivity index (χ0v) is 14.7. The van der Waals surface area contributed by atoms with Crippen LogP contribution >= 0.6 is 0 Å². The molecular weight excluding hydrogens is 318 g/mol. The van der Waals surface area contributed by atoms with Crippen LogP contribution in [0.4, 0.5) is 5.69 Å². The molecule has 25 heavy (non-hydrogen) atoms. The first-order valence-corrected chi connectivity index (χ1v) is 9.01. The van der Waals surface area contributed by atoms with Crippen LogP contribution in [0.3, 0.4) is 0 Å². The van der Waals surface area contributed by atoms with Crippen molar-refractivity contribution in [3.8, 4) is 0 Å². The van der Waals surface area contributed by atoms with Gasteiger partial charge in [-0.05, 0) is 37.8 Å². The Morgan fingerprint density at radius 1 is 1.28 bits per heavy atom. The first-order valence-electron chi connectivity index (χ1n) is 9.01. The van der Waals surface area contributed by atoms with E-state index in [9.17, 15) is 9.59 Å². The van der Waals surface area contributed by atoms with E-state index in [-0.39, 0.29) is 11.8 Å². The number of hydrogen-bond donors (Lipinski definition) is 0. The second-order valence-electron chi connectivity index (χ2n) is 6.51. The number of nitrogens with zero attached hydrogens (tertiary/aromatic N) is 3. The molecule has 2 heterocycles. The van der Waals surface area contributed by atoms with Crippen LogP contribution in [0.2, 0.25) is 0 Å². The van der Waals surface area contributed by atoms with Crippen LogP contribution in [0.25, 0.3) is 0 Å². The monoisotopic (exact) mass is 343 g/mol. The maximum absolute atomic E-state index is 12.9. The zero-order chi connectivity index (χ0) is 17.6. The van der Waals surface area contributed by atoms with Gasteiger partial charge in [0.2, 0.25) is 5.91 Å². The fraction of sp³-hybridized carbons (Fsp3) is 0.526. The standard InChI is InChI=1S/C19H25N3O3/c1-2-25-14-15-7-6-12-21(13-15)19(24)17-10-11-18(23)22(20-17)16-8-4-3-5-9-16/h3-5,8-9,15H,2,6-7,10-14H2,1H3. The molecule has 0 bridgehead atoms. The van der Waals surface area contributed by atoms with E-state index < -0.39 is 0 Å². The third-order valence-corrected chi connectivity index (χ3v) is 4.64. The number of para-hydroxylation sites is 1. The summed E-state index contributed by atoms with van der Waals surface area (Å²) in [7, 11) is 0. The molecule has 2 aliphatic rings. The highest BCUT2D eigenvalue weighted by atomic mass is 16.5. The number of hydrazone groups is 1. The van der Waals surface area contributed by atoms with Gasteiger partial charge in [-0.1, -0.05) is 18.2 Å².